The number of hydrogen-bond donors (Lipinski definition) is 1. The zero-order chi connectivity index (χ0) is 14.6. The second kappa shape index (κ2) is 7.14. The third-order valence-corrected chi connectivity index (χ3v) is 6.23. The van der Waals surface area contributed by atoms with Crippen molar-refractivity contribution in [3.8, 4) is 0 Å². The van der Waals surface area contributed by atoms with Crippen LogP contribution in [0.3, 0.4) is 0 Å². The van der Waals surface area contributed by atoms with Crippen LogP contribution in [0.4, 0.5) is 0 Å². The van der Waals surface area contributed by atoms with Crippen molar-refractivity contribution >= 4 is 17.7 Å². The summed E-state index contributed by atoms with van der Waals surface area (Å²) in [6, 6.07) is 0. The minimum atomic E-state index is -0.470. The molecule has 1 aliphatic heterocycles. The lowest BCUT2D eigenvalue weighted by molar-refractivity contribution is -0.150. The topological polar surface area (TPSA) is 47.6 Å². The van der Waals surface area contributed by atoms with Crippen molar-refractivity contribution in [3.05, 3.63) is 0 Å². The lowest BCUT2D eigenvalue weighted by Crippen LogP contribution is -2.56. The maximum Gasteiger partial charge on any atom is 0.326 e. The fourth-order valence-corrected chi connectivity index (χ4v) is 5.14. The summed E-state index contributed by atoms with van der Waals surface area (Å²) in [6.45, 7) is 5.88. The normalized spacial score (nSPS) is 37.9. The third kappa shape index (κ3) is 3.49. The molecule has 1 N–H and O–H groups in total. The summed E-state index contributed by atoms with van der Waals surface area (Å²) < 4.78 is 10.7. The number of thioether (sulfide) groups is 1. The maximum absolute atomic E-state index is 12.2. The van der Waals surface area contributed by atoms with E-state index in [0.717, 1.165) is 38.8 Å². The number of esters is 1. The van der Waals surface area contributed by atoms with E-state index in [4.69, 9.17) is 9.47 Å². The van der Waals surface area contributed by atoms with E-state index in [1.54, 1.807) is 0 Å². The smallest absolute Gasteiger partial charge is 0.326 e. The Morgan fingerprint density at radius 1 is 1.50 bits per heavy atom. The fraction of sp³-hybridized carbons (Fsp3) is 0.933. The molecule has 2 rings (SSSR count). The molecule has 0 aromatic carbocycles. The first kappa shape index (κ1) is 16.1. The molecule has 20 heavy (non-hydrogen) atoms. The molecule has 116 valence electrons. The Balaban J connectivity index is 1.99. The van der Waals surface area contributed by atoms with Crippen molar-refractivity contribution in [1.82, 2.24) is 5.32 Å². The molecule has 0 bridgehead atoms. The maximum atomic E-state index is 12.2. The van der Waals surface area contributed by atoms with E-state index < -0.39 is 5.54 Å². The quantitative estimate of drug-likeness (QED) is 0.790. The summed E-state index contributed by atoms with van der Waals surface area (Å²) >= 11 is 2.02. The van der Waals surface area contributed by atoms with Gasteiger partial charge >= 0.3 is 5.97 Å². The van der Waals surface area contributed by atoms with E-state index in [0.29, 0.717) is 16.6 Å². The van der Waals surface area contributed by atoms with Gasteiger partial charge in [0.1, 0.15) is 5.54 Å². The molecular weight excluding hydrogens is 274 g/mol. The minimum Gasteiger partial charge on any atom is -0.468 e. The van der Waals surface area contributed by atoms with Crippen molar-refractivity contribution < 1.29 is 14.3 Å². The van der Waals surface area contributed by atoms with E-state index in [2.05, 4.69) is 12.2 Å². The Morgan fingerprint density at radius 2 is 2.30 bits per heavy atom. The Kier molecular flexibility index (Phi) is 5.75. The standard InChI is InChI=1S/C15H27NO3S/c1-4-16-15(14(17)18-3)8-5-6-12(10-15)20-13-7-9-19-11(13)2/h11-13,16H,4-10H2,1-3H3. The van der Waals surface area contributed by atoms with Gasteiger partial charge in [-0.15, -0.1) is 0 Å². The Hall–Kier alpha value is -0.260. The second-order valence-electron chi connectivity index (χ2n) is 5.86. The van der Waals surface area contributed by atoms with E-state index in [-0.39, 0.29) is 5.97 Å². The number of methoxy groups -OCH3 is 1. The van der Waals surface area contributed by atoms with Gasteiger partial charge in [0, 0.05) is 17.1 Å². The number of likely N-dealkylation sites (N-methyl/N-ethyl adjacent to an activating group) is 1. The predicted octanol–water partition coefficient (Wildman–Crippen LogP) is 2.36. The van der Waals surface area contributed by atoms with Gasteiger partial charge in [-0.1, -0.05) is 6.92 Å². The first-order chi connectivity index (χ1) is 9.61. The molecule has 4 nitrogen and oxygen atoms in total. The van der Waals surface area contributed by atoms with Crippen LogP contribution in [0.2, 0.25) is 0 Å². The molecule has 0 spiro atoms. The molecule has 2 aliphatic rings. The van der Waals surface area contributed by atoms with Crippen molar-refractivity contribution in [2.75, 3.05) is 20.3 Å². The molecule has 1 heterocycles. The van der Waals surface area contributed by atoms with Crippen LogP contribution in [-0.2, 0) is 14.3 Å². The van der Waals surface area contributed by atoms with Crippen molar-refractivity contribution in [3.63, 3.8) is 0 Å². The lowest BCUT2D eigenvalue weighted by Gasteiger charge is -2.39. The number of nitrogens with one attached hydrogen (secondary N) is 1. The Labute approximate surface area is 126 Å². The summed E-state index contributed by atoms with van der Waals surface area (Å²) in [5.41, 5.74) is -0.470. The van der Waals surface area contributed by atoms with E-state index in [1.165, 1.54) is 13.5 Å². The Morgan fingerprint density at radius 3 is 2.90 bits per heavy atom. The molecule has 0 amide bonds. The molecule has 0 aromatic heterocycles. The first-order valence-corrected chi connectivity index (χ1v) is 8.66. The SMILES string of the molecule is CCNC1(C(=O)OC)CCCC(SC2CCOC2C)C1. The molecule has 2 fully saturated rings. The van der Waals surface area contributed by atoms with Gasteiger partial charge in [0.25, 0.3) is 0 Å². The first-order valence-electron chi connectivity index (χ1n) is 7.72. The minimum absolute atomic E-state index is 0.0969. The second-order valence-corrected chi connectivity index (χ2v) is 7.41. The number of carbonyl (C=O) groups excluding carboxylic acids is 1. The van der Waals surface area contributed by atoms with Gasteiger partial charge in [-0.2, -0.15) is 11.8 Å². The Bertz CT molecular complexity index is 335. The average molecular weight is 301 g/mol. The molecule has 0 radical (unpaired) electrons. The zero-order valence-electron chi connectivity index (χ0n) is 12.8. The summed E-state index contributed by atoms with van der Waals surface area (Å²) in [5.74, 6) is -0.0969. The van der Waals surface area contributed by atoms with Crippen LogP contribution in [0.5, 0.6) is 0 Å². The van der Waals surface area contributed by atoms with E-state index in [1.807, 2.05) is 18.7 Å². The molecule has 4 atom stereocenters. The third-order valence-electron chi connectivity index (χ3n) is 4.47. The van der Waals surface area contributed by atoms with Gasteiger partial charge in [0.15, 0.2) is 0 Å². The van der Waals surface area contributed by atoms with Gasteiger partial charge in [-0.05, 0) is 45.6 Å². The monoisotopic (exact) mass is 301 g/mol. The van der Waals surface area contributed by atoms with E-state index in [9.17, 15) is 4.79 Å². The fourth-order valence-electron chi connectivity index (χ4n) is 3.43. The van der Waals surface area contributed by atoms with Gasteiger partial charge in [0.2, 0.25) is 0 Å². The summed E-state index contributed by atoms with van der Waals surface area (Å²) in [4.78, 5) is 12.2. The van der Waals surface area contributed by atoms with Crippen LogP contribution in [0.1, 0.15) is 46.0 Å². The number of ether oxygens (including phenoxy) is 2. The number of carbonyl (C=O) groups is 1. The van der Waals surface area contributed by atoms with Crippen LogP contribution in [0.15, 0.2) is 0 Å². The molecular formula is C15H27NO3S. The van der Waals surface area contributed by atoms with Gasteiger partial charge < -0.3 is 14.8 Å². The van der Waals surface area contributed by atoms with Crippen molar-refractivity contribution in [1.29, 1.82) is 0 Å². The number of hydrogen-bond acceptors (Lipinski definition) is 5. The van der Waals surface area contributed by atoms with Crippen LogP contribution >= 0.6 is 11.8 Å². The molecule has 1 aliphatic carbocycles. The van der Waals surface area contributed by atoms with Crippen LogP contribution < -0.4 is 5.32 Å². The van der Waals surface area contributed by atoms with Crippen LogP contribution in [0.25, 0.3) is 0 Å². The average Bonchev–Trinajstić information content (AvgIpc) is 2.84. The van der Waals surface area contributed by atoms with Crippen LogP contribution in [0, 0.1) is 0 Å². The van der Waals surface area contributed by atoms with Crippen molar-refractivity contribution in [2.45, 2.75) is 68.1 Å². The summed E-state index contributed by atoms with van der Waals surface area (Å²) in [5, 5.41) is 4.50. The zero-order valence-corrected chi connectivity index (χ0v) is 13.6. The lowest BCUT2D eigenvalue weighted by atomic mass is 9.81. The van der Waals surface area contributed by atoms with Crippen LogP contribution in [-0.4, -0.2) is 48.4 Å². The van der Waals surface area contributed by atoms with E-state index >= 15 is 0 Å². The molecule has 4 unspecified atom stereocenters. The van der Waals surface area contributed by atoms with Gasteiger partial charge in [-0.3, -0.25) is 4.79 Å². The highest BCUT2D eigenvalue weighted by Gasteiger charge is 2.44. The highest BCUT2D eigenvalue weighted by molar-refractivity contribution is 8.00. The molecule has 1 saturated heterocycles. The van der Waals surface area contributed by atoms with Gasteiger partial charge in [0.05, 0.1) is 13.2 Å². The van der Waals surface area contributed by atoms with Gasteiger partial charge in [-0.25, -0.2) is 0 Å². The molecule has 5 heteroatoms. The largest absolute Gasteiger partial charge is 0.468 e. The molecule has 1 saturated carbocycles. The van der Waals surface area contributed by atoms with Crippen molar-refractivity contribution in [2.24, 2.45) is 0 Å². The molecule has 0 aromatic rings. The highest BCUT2D eigenvalue weighted by atomic mass is 32.2. The highest BCUT2D eigenvalue weighted by Crippen LogP contribution is 2.40. The summed E-state index contributed by atoms with van der Waals surface area (Å²) in [7, 11) is 1.49. The summed E-state index contributed by atoms with van der Waals surface area (Å²) in [6.07, 6.45) is 5.52. The predicted molar refractivity (Wildman–Crippen MR) is 82.1 cm³/mol. The number of rotatable bonds is 5.